The molecule has 2 aromatic rings. The first-order valence-corrected chi connectivity index (χ1v) is 8.10. The summed E-state index contributed by atoms with van der Waals surface area (Å²) in [6, 6.07) is 10.4. The van der Waals surface area contributed by atoms with Crippen molar-refractivity contribution in [3.63, 3.8) is 0 Å². The van der Waals surface area contributed by atoms with Crippen LogP contribution in [-0.4, -0.2) is 13.0 Å². The molecular weight excluding hydrogens is 298 g/mol. The smallest absolute Gasteiger partial charge is 0.211 e. The van der Waals surface area contributed by atoms with Crippen molar-refractivity contribution < 1.29 is 9.53 Å². The molecule has 126 valence electrons. The van der Waals surface area contributed by atoms with Gasteiger partial charge >= 0.3 is 0 Å². The van der Waals surface area contributed by atoms with Crippen LogP contribution in [0.25, 0.3) is 6.08 Å². The molecule has 1 amide bonds. The van der Waals surface area contributed by atoms with Gasteiger partial charge in [0, 0.05) is 5.69 Å². The van der Waals surface area contributed by atoms with E-state index in [-0.39, 0.29) is 0 Å². The summed E-state index contributed by atoms with van der Waals surface area (Å²) in [6.07, 6.45) is 2.85. The quantitative estimate of drug-likeness (QED) is 0.762. The average Bonchev–Trinajstić information content (AvgIpc) is 2.56. The van der Waals surface area contributed by atoms with Crippen LogP contribution in [0.5, 0.6) is 5.75 Å². The SMILES string of the molecule is C/C(=C\c1ccc(C)cc1)COc1cc(C)c(NC=O)c(C)c1C. The number of carbonyl (C=O) groups is 1. The van der Waals surface area contributed by atoms with Crippen LogP contribution in [0.3, 0.4) is 0 Å². The molecule has 0 saturated carbocycles. The van der Waals surface area contributed by atoms with Crippen molar-refractivity contribution in [3.05, 3.63) is 63.7 Å². The fraction of sp³-hybridized carbons (Fsp3) is 0.286. The number of ether oxygens (including phenoxy) is 1. The third kappa shape index (κ3) is 4.25. The molecule has 0 aromatic heterocycles. The normalized spacial score (nSPS) is 11.3. The predicted octanol–water partition coefficient (Wildman–Crippen LogP) is 4.97. The molecule has 0 saturated heterocycles. The van der Waals surface area contributed by atoms with E-state index in [1.165, 1.54) is 11.1 Å². The van der Waals surface area contributed by atoms with Crippen LogP contribution in [0, 0.1) is 27.7 Å². The topological polar surface area (TPSA) is 38.3 Å². The summed E-state index contributed by atoms with van der Waals surface area (Å²) < 4.78 is 6.00. The van der Waals surface area contributed by atoms with Gasteiger partial charge in [0.1, 0.15) is 12.4 Å². The largest absolute Gasteiger partial charge is 0.489 e. The second kappa shape index (κ2) is 7.82. The summed E-state index contributed by atoms with van der Waals surface area (Å²) in [7, 11) is 0. The lowest BCUT2D eigenvalue weighted by molar-refractivity contribution is -0.105. The van der Waals surface area contributed by atoms with Crippen molar-refractivity contribution in [1.82, 2.24) is 0 Å². The zero-order valence-corrected chi connectivity index (χ0v) is 15.1. The van der Waals surface area contributed by atoms with Crippen LogP contribution >= 0.6 is 0 Å². The van der Waals surface area contributed by atoms with Gasteiger partial charge < -0.3 is 10.1 Å². The van der Waals surface area contributed by atoms with Crippen molar-refractivity contribution in [1.29, 1.82) is 0 Å². The molecule has 0 aliphatic carbocycles. The number of anilines is 1. The summed E-state index contributed by atoms with van der Waals surface area (Å²) in [5.41, 5.74) is 7.54. The number of benzene rings is 2. The highest BCUT2D eigenvalue weighted by molar-refractivity contribution is 5.77. The van der Waals surface area contributed by atoms with E-state index in [4.69, 9.17) is 4.74 Å². The highest BCUT2D eigenvalue weighted by Gasteiger charge is 2.11. The molecule has 1 N–H and O–H groups in total. The Morgan fingerprint density at radius 2 is 1.75 bits per heavy atom. The van der Waals surface area contributed by atoms with E-state index < -0.39 is 0 Å². The molecule has 3 nitrogen and oxygen atoms in total. The molecule has 0 atom stereocenters. The van der Waals surface area contributed by atoms with Crippen molar-refractivity contribution in [2.45, 2.75) is 34.6 Å². The lowest BCUT2D eigenvalue weighted by atomic mass is 10.0. The van der Waals surface area contributed by atoms with Crippen LogP contribution < -0.4 is 10.1 Å². The monoisotopic (exact) mass is 323 g/mol. The Labute approximate surface area is 144 Å². The highest BCUT2D eigenvalue weighted by atomic mass is 16.5. The summed E-state index contributed by atoms with van der Waals surface area (Å²) >= 11 is 0. The Hall–Kier alpha value is -2.55. The zero-order chi connectivity index (χ0) is 17.7. The number of hydrogen-bond donors (Lipinski definition) is 1. The molecule has 0 heterocycles. The highest BCUT2D eigenvalue weighted by Crippen LogP contribution is 2.31. The molecular formula is C21H25NO2. The first kappa shape index (κ1) is 17.8. The van der Waals surface area contributed by atoms with Gasteiger partial charge in [-0.3, -0.25) is 4.79 Å². The van der Waals surface area contributed by atoms with Crippen LogP contribution in [0.1, 0.15) is 34.7 Å². The first-order chi connectivity index (χ1) is 11.4. The van der Waals surface area contributed by atoms with Gasteiger partial charge in [-0.2, -0.15) is 0 Å². The Morgan fingerprint density at radius 3 is 2.38 bits per heavy atom. The van der Waals surface area contributed by atoms with E-state index in [0.717, 1.165) is 33.7 Å². The van der Waals surface area contributed by atoms with Gasteiger partial charge in [-0.25, -0.2) is 0 Å². The molecule has 0 bridgehead atoms. The Bertz CT molecular complexity index is 758. The number of amides is 1. The Balaban J connectivity index is 2.14. The van der Waals surface area contributed by atoms with Crippen LogP contribution in [0.4, 0.5) is 5.69 Å². The molecule has 0 radical (unpaired) electrons. The molecule has 0 fully saturated rings. The molecule has 0 spiro atoms. The minimum absolute atomic E-state index is 0.536. The molecule has 0 aliphatic rings. The third-order valence-corrected chi connectivity index (χ3v) is 4.20. The van der Waals surface area contributed by atoms with E-state index >= 15 is 0 Å². The Kier molecular flexibility index (Phi) is 5.80. The van der Waals surface area contributed by atoms with E-state index in [0.29, 0.717) is 13.0 Å². The molecule has 24 heavy (non-hydrogen) atoms. The summed E-state index contributed by atoms with van der Waals surface area (Å²) in [4.78, 5) is 10.7. The second-order valence-corrected chi connectivity index (χ2v) is 6.27. The lowest BCUT2D eigenvalue weighted by Gasteiger charge is -2.16. The van der Waals surface area contributed by atoms with Crippen molar-refractivity contribution in [2.24, 2.45) is 0 Å². The maximum absolute atomic E-state index is 10.7. The fourth-order valence-corrected chi connectivity index (χ4v) is 2.66. The summed E-state index contributed by atoms with van der Waals surface area (Å²) in [6.45, 7) is 10.7. The van der Waals surface area contributed by atoms with Gasteiger partial charge in [0.05, 0.1) is 0 Å². The maximum atomic E-state index is 10.7. The van der Waals surface area contributed by atoms with E-state index in [9.17, 15) is 4.79 Å². The molecule has 0 aliphatic heterocycles. The molecule has 2 rings (SSSR count). The van der Waals surface area contributed by atoms with E-state index in [1.807, 2.05) is 26.8 Å². The number of nitrogens with one attached hydrogen (secondary N) is 1. The van der Waals surface area contributed by atoms with Gasteiger partial charge in [-0.05, 0) is 68.5 Å². The molecule has 3 heteroatoms. The molecule has 0 unspecified atom stereocenters. The molecule has 2 aromatic carbocycles. The first-order valence-electron chi connectivity index (χ1n) is 8.10. The number of carbonyl (C=O) groups excluding carboxylic acids is 1. The van der Waals surface area contributed by atoms with Gasteiger partial charge in [-0.15, -0.1) is 0 Å². The second-order valence-electron chi connectivity index (χ2n) is 6.27. The number of aryl methyl sites for hydroxylation is 2. The van der Waals surface area contributed by atoms with Gasteiger partial charge in [-0.1, -0.05) is 35.9 Å². The average molecular weight is 323 g/mol. The third-order valence-electron chi connectivity index (χ3n) is 4.20. The van der Waals surface area contributed by atoms with E-state index in [1.54, 1.807) is 0 Å². The van der Waals surface area contributed by atoms with E-state index in [2.05, 4.69) is 49.5 Å². The van der Waals surface area contributed by atoms with Crippen LogP contribution in [0.15, 0.2) is 35.9 Å². The lowest BCUT2D eigenvalue weighted by Crippen LogP contribution is -2.05. The number of hydrogen-bond acceptors (Lipinski definition) is 2. The Morgan fingerprint density at radius 1 is 1.08 bits per heavy atom. The minimum atomic E-state index is 0.536. The van der Waals surface area contributed by atoms with Crippen LogP contribution in [0.2, 0.25) is 0 Å². The predicted molar refractivity (Wildman–Crippen MR) is 101 cm³/mol. The van der Waals surface area contributed by atoms with Gasteiger partial charge in [0.25, 0.3) is 0 Å². The van der Waals surface area contributed by atoms with Gasteiger partial charge in [0.2, 0.25) is 6.41 Å². The van der Waals surface area contributed by atoms with Gasteiger partial charge in [0.15, 0.2) is 0 Å². The zero-order valence-electron chi connectivity index (χ0n) is 15.1. The van der Waals surface area contributed by atoms with Crippen LogP contribution in [-0.2, 0) is 4.79 Å². The maximum Gasteiger partial charge on any atom is 0.211 e. The summed E-state index contributed by atoms with van der Waals surface area (Å²) in [5, 5.41) is 2.77. The summed E-state index contributed by atoms with van der Waals surface area (Å²) in [5.74, 6) is 0.859. The van der Waals surface area contributed by atoms with Crippen molar-refractivity contribution >= 4 is 18.2 Å². The minimum Gasteiger partial charge on any atom is -0.489 e. The number of rotatable bonds is 6. The fourth-order valence-electron chi connectivity index (χ4n) is 2.66. The standard InChI is InChI=1S/C21H25NO2/c1-14-6-8-19(9-7-14)10-15(2)12-24-20-11-16(3)21(22-13-23)18(5)17(20)4/h6-11,13H,12H2,1-5H3,(H,22,23)/b15-10+. The van der Waals surface area contributed by atoms with Crippen molar-refractivity contribution in [3.8, 4) is 5.75 Å². The van der Waals surface area contributed by atoms with Crippen molar-refractivity contribution in [2.75, 3.05) is 11.9 Å².